The van der Waals surface area contributed by atoms with Gasteiger partial charge < -0.3 is 15.4 Å². The normalized spacial score (nSPS) is 15.7. The summed E-state index contributed by atoms with van der Waals surface area (Å²) in [7, 11) is 0. The van der Waals surface area contributed by atoms with Gasteiger partial charge in [-0.15, -0.1) is 0 Å². The fraction of sp³-hybridized carbons (Fsp3) is 0.962. The highest BCUT2D eigenvalue weighted by atomic mass is 16.5. The van der Waals surface area contributed by atoms with Crippen LogP contribution in [0, 0.1) is 11.8 Å². The molecule has 57 heavy (non-hydrogen) atoms. The molecular formula is C52H100N2O3. The van der Waals surface area contributed by atoms with Crippen LogP contribution < -0.4 is 5.73 Å². The molecular weight excluding hydrogens is 701 g/mol. The summed E-state index contributed by atoms with van der Waals surface area (Å²) in [6, 6.07) is 0. The topological polar surface area (TPSA) is 72.6 Å². The van der Waals surface area contributed by atoms with Crippen LogP contribution in [0.1, 0.15) is 284 Å². The van der Waals surface area contributed by atoms with E-state index >= 15 is 0 Å². The van der Waals surface area contributed by atoms with E-state index in [2.05, 4.69) is 18.7 Å². The summed E-state index contributed by atoms with van der Waals surface area (Å²) in [5, 5.41) is 0. The number of hydrogen-bond acceptors (Lipinski definition) is 3. The molecule has 0 saturated heterocycles. The maximum Gasteiger partial charge on any atom is 0.250 e. The van der Waals surface area contributed by atoms with Crippen LogP contribution >= 0.6 is 0 Å². The minimum absolute atomic E-state index is 0.00759. The van der Waals surface area contributed by atoms with Gasteiger partial charge in [0.1, 0.15) is 6.61 Å². The first-order chi connectivity index (χ1) is 28.1. The van der Waals surface area contributed by atoms with Crippen molar-refractivity contribution < 1.29 is 14.3 Å². The monoisotopic (exact) mass is 801 g/mol. The van der Waals surface area contributed by atoms with Gasteiger partial charge in [-0.2, -0.15) is 0 Å². The number of unbranched alkanes of at least 4 members (excludes halogenated alkanes) is 30. The van der Waals surface area contributed by atoms with Gasteiger partial charge in [-0.1, -0.05) is 245 Å². The number of carbonyl (C=O) groups excluding carboxylic acids is 2. The average molecular weight is 801 g/mol. The molecule has 0 aromatic carbocycles. The number of nitrogens with zero attached hydrogens (tertiary/aromatic N) is 1. The Kier molecular flexibility index (Phi) is 33.5. The van der Waals surface area contributed by atoms with Gasteiger partial charge in [0.25, 0.3) is 0 Å². The van der Waals surface area contributed by atoms with E-state index in [0.717, 1.165) is 77.3 Å². The summed E-state index contributed by atoms with van der Waals surface area (Å²) in [6.45, 7) is 6.23. The molecule has 5 nitrogen and oxygen atoms in total. The van der Waals surface area contributed by atoms with Gasteiger partial charge in [0.15, 0.2) is 5.60 Å². The molecule has 2 rings (SSSR count). The molecule has 0 spiro atoms. The van der Waals surface area contributed by atoms with Gasteiger partial charge >= 0.3 is 0 Å². The van der Waals surface area contributed by atoms with Gasteiger partial charge in [-0.3, -0.25) is 9.59 Å². The van der Waals surface area contributed by atoms with E-state index in [4.69, 9.17) is 10.5 Å². The van der Waals surface area contributed by atoms with Crippen LogP contribution in [0.15, 0.2) is 0 Å². The third-order valence-corrected chi connectivity index (χ3v) is 14.2. The number of hydrogen-bond donors (Lipinski definition) is 1. The molecule has 2 aliphatic carbocycles. The first-order valence-electron chi connectivity index (χ1n) is 26.3. The molecule has 2 saturated carbocycles. The van der Waals surface area contributed by atoms with Crippen LogP contribution in [0.25, 0.3) is 0 Å². The van der Waals surface area contributed by atoms with Crippen molar-refractivity contribution in [3.05, 3.63) is 0 Å². The van der Waals surface area contributed by atoms with E-state index in [9.17, 15) is 9.59 Å². The van der Waals surface area contributed by atoms with Crippen molar-refractivity contribution in [2.45, 2.75) is 289 Å². The van der Waals surface area contributed by atoms with Crippen molar-refractivity contribution in [3.8, 4) is 0 Å². The van der Waals surface area contributed by atoms with Crippen molar-refractivity contribution >= 4 is 11.8 Å². The highest BCUT2D eigenvalue weighted by Crippen LogP contribution is 2.45. The molecule has 0 bridgehead atoms. The molecule has 336 valence electrons. The van der Waals surface area contributed by atoms with Crippen molar-refractivity contribution in [2.75, 3.05) is 19.7 Å². The minimum atomic E-state index is -0.981. The van der Waals surface area contributed by atoms with E-state index < -0.39 is 5.60 Å². The Bertz CT molecular complexity index is 857. The zero-order valence-corrected chi connectivity index (χ0v) is 38.7. The maximum absolute atomic E-state index is 14.0. The highest BCUT2D eigenvalue weighted by Gasteiger charge is 2.52. The Balaban J connectivity index is 1.74. The van der Waals surface area contributed by atoms with E-state index in [0.29, 0.717) is 0 Å². The summed E-state index contributed by atoms with van der Waals surface area (Å²) >= 11 is 0. The summed E-state index contributed by atoms with van der Waals surface area (Å²) in [4.78, 5) is 29.6. The standard InChI is InChI=1S/C52H100N2O3/c1-3-5-7-9-11-13-15-17-19-21-23-25-27-29-31-39-45-54(46-40-32-30-28-26-24-22-20-18-16-14-12-10-8-6-4-2)50(55)47-57-52(51(53)56,48-41-35-33-36-42-48)49-43-37-34-38-44-49/h48-49H,3-47H2,1-2H3,(H2,53,56). The predicted octanol–water partition coefficient (Wildman–Crippen LogP) is 15.7. The molecule has 0 unspecified atom stereocenters. The molecule has 2 fully saturated rings. The molecule has 0 heterocycles. The van der Waals surface area contributed by atoms with Crippen LogP contribution in [0.3, 0.4) is 0 Å². The second-order valence-electron chi connectivity index (χ2n) is 19.1. The lowest BCUT2D eigenvalue weighted by Gasteiger charge is -2.46. The fourth-order valence-corrected chi connectivity index (χ4v) is 10.4. The molecule has 0 atom stereocenters. The quantitative estimate of drug-likeness (QED) is 0.0627. The lowest BCUT2D eigenvalue weighted by molar-refractivity contribution is -0.177. The summed E-state index contributed by atoms with van der Waals surface area (Å²) in [6.07, 6.45) is 54.4. The van der Waals surface area contributed by atoms with Gasteiger partial charge in [0.05, 0.1) is 0 Å². The zero-order chi connectivity index (χ0) is 40.9. The molecule has 2 aliphatic rings. The fourth-order valence-electron chi connectivity index (χ4n) is 10.4. The second kappa shape index (κ2) is 36.7. The molecule has 0 aromatic rings. The van der Waals surface area contributed by atoms with Crippen molar-refractivity contribution in [1.29, 1.82) is 0 Å². The van der Waals surface area contributed by atoms with Crippen LogP contribution in [0.2, 0.25) is 0 Å². The molecule has 0 radical (unpaired) electrons. The van der Waals surface area contributed by atoms with Crippen LogP contribution in [-0.4, -0.2) is 42.0 Å². The maximum atomic E-state index is 14.0. The van der Waals surface area contributed by atoms with Gasteiger partial charge in [0, 0.05) is 13.1 Å². The smallest absolute Gasteiger partial charge is 0.250 e. The number of carbonyl (C=O) groups is 2. The van der Waals surface area contributed by atoms with Crippen LogP contribution in [0.4, 0.5) is 0 Å². The van der Waals surface area contributed by atoms with Crippen molar-refractivity contribution in [2.24, 2.45) is 17.6 Å². The molecule has 0 aliphatic heterocycles. The summed E-state index contributed by atoms with van der Waals surface area (Å²) in [5.41, 5.74) is 5.33. The number of ether oxygens (including phenoxy) is 1. The van der Waals surface area contributed by atoms with Gasteiger partial charge in [-0.25, -0.2) is 0 Å². The third kappa shape index (κ3) is 24.7. The van der Waals surface area contributed by atoms with Crippen molar-refractivity contribution in [1.82, 2.24) is 4.90 Å². The Morgan fingerprint density at radius 2 is 0.702 bits per heavy atom. The van der Waals surface area contributed by atoms with E-state index in [1.807, 2.05) is 0 Å². The number of nitrogens with two attached hydrogens (primary N) is 1. The van der Waals surface area contributed by atoms with Gasteiger partial charge in [-0.05, 0) is 50.4 Å². The van der Waals surface area contributed by atoms with Crippen molar-refractivity contribution in [3.63, 3.8) is 0 Å². The summed E-state index contributed by atoms with van der Waals surface area (Å²) in [5.74, 6) is 0.0629. The average Bonchev–Trinajstić information content (AvgIpc) is 3.23. The molecule has 2 N–H and O–H groups in total. The molecule has 0 aromatic heterocycles. The third-order valence-electron chi connectivity index (χ3n) is 14.2. The number of primary amides is 1. The van der Waals surface area contributed by atoms with E-state index in [1.165, 1.54) is 205 Å². The summed E-state index contributed by atoms with van der Waals surface area (Å²) < 4.78 is 6.71. The van der Waals surface area contributed by atoms with Crippen LogP contribution in [-0.2, 0) is 14.3 Å². The molecule has 2 amide bonds. The number of amides is 2. The lowest BCUT2D eigenvalue weighted by Crippen LogP contribution is -2.59. The van der Waals surface area contributed by atoms with Gasteiger partial charge in [0.2, 0.25) is 11.8 Å². The second-order valence-corrected chi connectivity index (χ2v) is 19.1. The molecule has 5 heteroatoms. The Morgan fingerprint density at radius 1 is 0.439 bits per heavy atom. The lowest BCUT2D eigenvalue weighted by atomic mass is 9.65. The Morgan fingerprint density at radius 3 is 0.965 bits per heavy atom. The number of rotatable bonds is 40. The SMILES string of the molecule is CCCCCCCCCCCCCCCCCCN(CCCCCCCCCCCCCCCCCC)C(=O)COC(C(N)=O)(C1CCCCC1)C1CCCCC1. The first kappa shape index (κ1) is 52.0. The first-order valence-corrected chi connectivity index (χ1v) is 26.3. The zero-order valence-electron chi connectivity index (χ0n) is 38.7. The van der Waals surface area contributed by atoms with E-state index in [1.54, 1.807) is 0 Å². The van der Waals surface area contributed by atoms with Crippen LogP contribution in [0.5, 0.6) is 0 Å². The highest BCUT2D eigenvalue weighted by molar-refractivity contribution is 5.85. The van der Waals surface area contributed by atoms with E-state index in [-0.39, 0.29) is 30.3 Å². The predicted molar refractivity (Wildman–Crippen MR) is 247 cm³/mol. The minimum Gasteiger partial charge on any atom is -0.367 e. The Hall–Kier alpha value is -1.10. The largest absolute Gasteiger partial charge is 0.367 e. The Labute approximate surface area is 356 Å².